The van der Waals surface area contributed by atoms with Crippen LogP contribution in [-0.2, 0) is 7.05 Å². The number of ether oxygens (including phenoxy) is 1. The summed E-state index contributed by atoms with van der Waals surface area (Å²) in [5.74, 6) is 1.04. The molecule has 0 aliphatic heterocycles. The molecule has 1 atom stereocenters. The van der Waals surface area contributed by atoms with Crippen LogP contribution in [0.2, 0.25) is 5.02 Å². The fourth-order valence-electron chi connectivity index (χ4n) is 2.00. The molecule has 0 saturated carbocycles. The first-order valence-corrected chi connectivity index (χ1v) is 7.47. The highest BCUT2D eigenvalue weighted by molar-refractivity contribution is 6.32. The van der Waals surface area contributed by atoms with Gasteiger partial charge in [0.25, 0.3) is 5.91 Å². The summed E-state index contributed by atoms with van der Waals surface area (Å²) in [7, 11) is 1.83. The van der Waals surface area contributed by atoms with Crippen LogP contribution in [-0.4, -0.2) is 27.3 Å². The van der Waals surface area contributed by atoms with Crippen molar-refractivity contribution in [1.82, 2.24) is 20.1 Å². The molecule has 118 valence electrons. The molecule has 22 heavy (non-hydrogen) atoms. The molecule has 0 fully saturated rings. The number of carbonyl (C=O) groups is 1. The van der Waals surface area contributed by atoms with Gasteiger partial charge < -0.3 is 14.6 Å². The van der Waals surface area contributed by atoms with Crippen LogP contribution in [0.4, 0.5) is 0 Å². The molecule has 2 aromatic rings. The quantitative estimate of drug-likeness (QED) is 0.888. The number of halogens is 1. The average Bonchev–Trinajstić information content (AvgIpc) is 2.92. The Morgan fingerprint density at radius 1 is 1.50 bits per heavy atom. The zero-order valence-electron chi connectivity index (χ0n) is 12.8. The molecule has 6 nitrogen and oxygen atoms in total. The second-order valence-electron chi connectivity index (χ2n) is 4.99. The molecule has 0 unspecified atom stereocenters. The van der Waals surface area contributed by atoms with E-state index in [9.17, 15) is 4.79 Å². The van der Waals surface area contributed by atoms with E-state index < -0.39 is 0 Å². The Kier molecular flexibility index (Phi) is 5.38. The van der Waals surface area contributed by atoms with E-state index in [0.29, 0.717) is 28.8 Å². The Balaban J connectivity index is 2.06. The van der Waals surface area contributed by atoms with Crippen LogP contribution in [0.3, 0.4) is 0 Å². The maximum Gasteiger partial charge on any atom is 0.251 e. The predicted molar refractivity (Wildman–Crippen MR) is 84.1 cm³/mol. The third-order valence-corrected chi connectivity index (χ3v) is 3.43. The molecule has 0 saturated heterocycles. The smallest absolute Gasteiger partial charge is 0.251 e. The fraction of sp³-hybridized carbons (Fsp3) is 0.400. The van der Waals surface area contributed by atoms with Gasteiger partial charge in [0.1, 0.15) is 12.1 Å². The summed E-state index contributed by atoms with van der Waals surface area (Å²) in [6.07, 6.45) is 2.49. The predicted octanol–water partition coefficient (Wildman–Crippen LogP) is 2.75. The van der Waals surface area contributed by atoms with Crippen molar-refractivity contribution in [2.24, 2.45) is 7.05 Å². The van der Waals surface area contributed by atoms with Gasteiger partial charge >= 0.3 is 0 Å². The Morgan fingerprint density at radius 3 is 2.86 bits per heavy atom. The van der Waals surface area contributed by atoms with Crippen LogP contribution in [0.15, 0.2) is 24.5 Å². The highest BCUT2D eigenvalue weighted by Crippen LogP contribution is 2.25. The van der Waals surface area contributed by atoms with Gasteiger partial charge in [0.15, 0.2) is 5.82 Å². The monoisotopic (exact) mass is 322 g/mol. The Hall–Kier alpha value is -2.08. The summed E-state index contributed by atoms with van der Waals surface area (Å²) < 4.78 is 7.25. The summed E-state index contributed by atoms with van der Waals surface area (Å²) in [5.41, 5.74) is 0.475. The van der Waals surface area contributed by atoms with Gasteiger partial charge in [-0.25, -0.2) is 0 Å². The van der Waals surface area contributed by atoms with Gasteiger partial charge in [-0.15, -0.1) is 10.2 Å². The van der Waals surface area contributed by atoms with Crippen LogP contribution in [0.25, 0.3) is 0 Å². The van der Waals surface area contributed by atoms with Gasteiger partial charge in [-0.2, -0.15) is 0 Å². The van der Waals surface area contributed by atoms with E-state index >= 15 is 0 Å². The number of carbonyl (C=O) groups excluding carboxylic acids is 1. The molecule has 1 heterocycles. The van der Waals surface area contributed by atoms with E-state index in [1.54, 1.807) is 29.1 Å². The van der Waals surface area contributed by atoms with Gasteiger partial charge in [-0.05, 0) is 31.5 Å². The van der Waals surface area contributed by atoms with Crippen LogP contribution in [0.5, 0.6) is 5.75 Å². The van der Waals surface area contributed by atoms with Crippen LogP contribution >= 0.6 is 11.6 Å². The lowest BCUT2D eigenvalue weighted by molar-refractivity contribution is 0.0937. The van der Waals surface area contributed by atoms with Crippen LogP contribution in [0.1, 0.15) is 42.5 Å². The molecular formula is C15H19ClN4O2. The standard InChI is InChI=1S/C15H19ClN4O2/c1-4-7-22-13-6-5-11(8-12(13)16)15(21)18-10(2)14-19-17-9-20(14)3/h5-6,8-10H,4,7H2,1-3H3,(H,18,21)/t10-/m0/s1. The number of aryl methyl sites for hydroxylation is 1. The van der Waals surface area contributed by atoms with Gasteiger partial charge in [0.2, 0.25) is 0 Å². The number of benzene rings is 1. The minimum atomic E-state index is -0.255. The second-order valence-corrected chi connectivity index (χ2v) is 5.40. The first-order chi connectivity index (χ1) is 10.5. The Morgan fingerprint density at radius 2 is 2.27 bits per heavy atom. The van der Waals surface area contributed by atoms with Gasteiger partial charge in [-0.1, -0.05) is 18.5 Å². The lowest BCUT2D eigenvalue weighted by atomic mass is 10.2. The van der Waals surface area contributed by atoms with Crippen molar-refractivity contribution in [2.75, 3.05) is 6.61 Å². The van der Waals surface area contributed by atoms with Crippen molar-refractivity contribution in [3.63, 3.8) is 0 Å². The second kappa shape index (κ2) is 7.26. The molecule has 1 aromatic carbocycles. The molecule has 0 radical (unpaired) electrons. The topological polar surface area (TPSA) is 69.0 Å². The Labute approximate surface area is 134 Å². The summed E-state index contributed by atoms with van der Waals surface area (Å²) in [5, 5.41) is 11.1. The van der Waals surface area contributed by atoms with Crippen LogP contribution in [0, 0.1) is 0 Å². The first-order valence-electron chi connectivity index (χ1n) is 7.10. The van der Waals surface area contributed by atoms with E-state index in [4.69, 9.17) is 16.3 Å². The molecule has 2 rings (SSSR count). The number of nitrogens with one attached hydrogen (secondary N) is 1. The fourth-order valence-corrected chi connectivity index (χ4v) is 2.23. The number of rotatable bonds is 6. The average molecular weight is 323 g/mol. The van der Waals surface area contributed by atoms with Crippen molar-refractivity contribution in [3.8, 4) is 5.75 Å². The number of amides is 1. The lowest BCUT2D eigenvalue weighted by Gasteiger charge is -2.14. The molecule has 0 spiro atoms. The lowest BCUT2D eigenvalue weighted by Crippen LogP contribution is -2.28. The van der Waals surface area contributed by atoms with Crippen molar-refractivity contribution in [1.29, 1.82) is 0 Å². The molecule has 0 bridgehead atoms. The van der Waals surface area contributed by atoms with Crippen molar-refractivity contribution in [3.05, 3.63) is 40.9 Å². The number of hydrogen-bond donors (Lipinski definition) is 1. The van der Waals surface area contributed by atoms with Gasteiger partial charge in [0, 0.05) is 12.6 Å². The molecule has 7 heteroatoms. The maximum atomic E-state index is 12.3. The summed E-state index contributed by atoms with van der Waals surface area (Å²) >= 11 is 6.14. The molecule has 0 aliphatic rings. The van der Waals surface area contributed by atoms with Crippen molar-refractivity contribution >= 4 is 17.5 Å². The van der Waals surface area contributed by atoms with Crippen molar-refractivity contribution in [2.45, 2.75) is 26.3 Å². The van der Waals surface area contributed by atoms with Gasteiger partial charge in [0.05, 0.1) is 17.7 Å². The third-order valence-electron chi connectivity index (χ3n) is 3.14. The zero-order chi connectivity index (χ0) is 16.1. The maximum absolute atomic E-state index is 12.3. The van der Waals surface area contributed by atoms with Crippen molar-refractivity contribution < 1.29 is 9.53 Å². The normalized spacial score (nSPS) is 12.0. The molecule has 1 aromatic heterocycles. The highest BCUT2D eigenvalue weighted by Gasteiger charge is 2.16. The van der Waals surface area contributed by atoms with Crippen LogP contribution < -0.4 is 10.1 Å². The number of aromatic nitrogens is 3. The Bertz CT molecular complexity index is 657. The molecule has 0 aliphatic carbocycles. The van der Waals surface area contributed by atoms with Gasteiger partial charge in [-0.3, -0.25) is 4.79 Å². The largest absolute Gasteiger partial charge is 0.492 e. The molecule has 1 amide bonds. The van der Waals surface area contributed by atoms with E-state index in [2.05, 4.69) is 15.5 Å². The SMILES string of the molecule is CCCOc1ccc(C(=O)N[C@@H](C)c2nncn2C)cc1Cl. The summed E-state index contributed by atoms with van der Waals surface area (Å²) in [4.78, 5) is 12.3. The van der Waals surface area contributed by atoms with E-state index in [1.807, 2.05) is 20.9 Å². The number of nitrogens with zero attached hydrogens (tertiary/aromatic N) is 3. The minimum Gasteiger partial charge on any atom is -0.492 e. The first kappa shape index (κ1) is 16.3. The minimum absolute atomic E-state index is 0.223. The highest BCUT2D eigenvalue weighted by atomic mass is 35.5. The third kappa shape index (κ3) is 3.76. The van der Waals surface area contributed by atoms with E-state index in [0.717, 1.165) is 6.42 Å². The zero-order valence-corrected chi connectivity index (χ0v) is 13.6. The van der Waals surface area contributed by atoms with E-state index in [-0.39, 0.29) is 11.9 Å². The molecular weight excluding hydrogens is 304 g/mol. The summed E-state index contributed by atoms with van der Waals surface area (Å²) in [6, 6.07) is 4.75. The number of hydrogen-bond acceptors (Lipinski definition) is 4. The van der Waals surface area contributed by atoms with E-state index in [1.165, 1.54) is 0 Å². The summed E-state index contributed by atoms with van der Waals surface area (Å²) in [6.45, 7) is 4.46. The molecule has 1 N–H and O–H groups in total.